The molecular weight excluding hydrogens is 642 g/mol. The van der Waals surface area contributed by atoms with Gasteiger partial charge < -0.3 is 15.6 Å². The Hall–Kier alpha value is -4.75. The van der Waals surface area contributed by atoms with Gasteiger partial charge in [-0.05, 0) is 60.0 Å². The van der Waals surface area contributed by atoms with Gasteiger partial charge in [0.1, 0.15) is 17.2 Å². The van der Waals surface area contributed by atoms with Gasteiger partial charge in [-0.3, -0.25) is 9.69 Å². The average Bonchev–Trinajstić information content (AvgIpc) is 3.65. The third-order valence-corrected chi connectivity index (χ3v) is 8.52. The quantitative estimate of drug-likeness (QED) is 0.173. The highest BCUT2D eigenvalue weighted by molar-refractivity contribution is 6.37. The van der Waals surface area contributed by atoms with Gasteiger partial charge in [0, 0.05) is 45.7 Å². The molecule has 1 atom stereocenters. The number of urea groups is 1. The Labute approximate surface area is 260 Å². The fourth-order valence-corrected chi connectivity index (χ4v) is 6.35. The average molecular weight is 659 g/mol. The standard InChI is InChI=1S/C30H17Cl2F5N6O2/c31-20-2-1-14(33)8-18(20)24-22-21(41-28(44)12-5-13(30(35,36)37)7-15(34)6-12)9-17(16-3-4-43(26(16)22)29(45)42-24)19-10-38-27-25(23(19)32)39-11-40-27/h1-2,5-11,24H,3-4H2,(H,41,44)(H,42,45)(H,38,39,40). The van der Waals surface area contributed by atoms with Gasteiger partial charge in [0.25, 0.3) is 5.91 Å². The smallest absolute Gasteiger partial charge is 0.342 e. The topological polar surface area (TPSA) is 103 Å². The van der Waals surface area contributed by atoms with E-state index in [-0.39, 0.29) is 33.9 Å². The third-order valence-electron chi connectivity index (χ3n) is 7.79. The Kier molecular flexibility index (Phi) is 6.71. The zero-order chi connectivity index (χ0) is 31.8. The molecule has 3 aromatic carbocycles. The Morgan fingerprint density at radius 2 is 1.82 bits per heavy atom. The Morgan fingerprint density at radius 1 is 1.02 bits per heavy atom. The zero-order valence-electron chi connectivity index (χ0n) is 22.5. The second-order valence-corrected chi connectivity index (χ2v) is 11.2. The molecule has 2 aliphatic heterocycles. The van der Waals surface area contributed by atoms with Crippen LogP contribution in [0.3, 0.4) is 0 Å². The first-order chi connectivity index (χ1) is 21.4. The molecule has 2 aliphatic rings. The number of imidazole rings is 1. The van der Waals surface area contributed by atoms with Crippen LogP contribution in [-0.4, -0.2) is 33.4 Å². The molecule has 0 fully saturated rings. The van der Waals surface area contributed by atoms with Gasteiger partial charge in [0.05, 0.1) is 28.6 Å². The summed E-state index contributed by atoms with van der Waals surface area (Å²) in [5.74, 6) is -2.98. The number of amides is 3. The van der Waals surface area contributed by atoms with Crippen molar-refractivity contribution in [3.63, 3.8) is 0 Å². The van der Waals surface area contributed by atoms with E-state index in [4.69, 9.17) is 23.2 Å². The number of benzene rings is 3. The van der Waals surface area contributed by atoms with Crippen molar-refractivity contribution < 1.29 is 31.5 Å². The van der Waals surface area contributed by atoms with E-state index >= 15 is 0 Å². The number of carbonyl (C=O) groups is 2. The van der Waals surface area contributed by atoms with Gasteiger partial charge >= 0.3 is 12.2 Å². The molecule has 5 aromatic rings. The molecule has 1 unspecified atom stereocenters. The van der Waals surface area contributed by atoms with Gasteiger partial charge in [-0.25, -0.2) is 23.5 Å². The first-order valence-corrected chi connectivity index (χ1v) is 14.1. The lowest BCUT2D eigenvalue weighted by molar-refractivity contribution is -0.137. The summed E-state index contributed by atoms with van der Waals surface area (Å²) in [6, 6.07) is 5.01. The number of nitrogens with one attached hydrogen (secondary N) is 3. The second kappa shape index (κ2) is 10.4. The number of aromatic nitrogens is 3. The predicted octanol–water partition coefficient (Wildman–Crippen LogP) is 7.66. The second-order valence-electron chi connectivity index (χ2n) is 10.4. The van der Waals surface area contributed by atoms with E-state index in [1.807, 2.05) is 0 Å². The molecule has 0 radical (unpaired) electrons. The van der Waals surface area contributed by atoms with Crippen LogP contribution in [0.15, 0.2) is 55.0 Å². The van der Waals surface area contributed by atoms with Crippen LogP contribution in [-0.2, 0) is 12.6 Å². The normalized spacial score (nSPS) is 15.8. The maximum atomic E-state index is 14.5. The van der Waals surface area contributed by atoms with Crippen LogP contribution in [0.25, 0.3) is 22.3 Å². The summed E-state index contributed by atoms with van der Waals surface area (Å²) in [4.78, 5) is 39.7. The number of aromatic amines is 1. The zero-order valence-corrected chi connectivity index (χ0v) is 24.0. The monoisotopic (exact) mass is 658 g/mol. The highest BCUT2D eigenvalue weighted by Gasteiger charge is 2.41. The molecule has 8 nitrogen and oxygen atoms in total. The Bertz CT molecular complexity index is 2080. The Morgan fingerprint density at radius 3 is 2.60 bits per heavy atom. The largest absolute Gasteiger partial charge is 0.416 e. The van der Waals surface area contributed by atoms with Crippen LogP contribution in [0.2, 0.25) is 10.0 Å². The minimum absolute atomic E-state index is 0.0320. The van der Waals surface area contributed by atoms with Crippen LogP contribution in [0.1, 0.15) is 38.7 Å². The van der Waals surface area contributed by atoms with Crippen molar-refractivity contribution in [2.75, 3.05) is 16.8 Å². The van der Waals surface area contributed by atoms with Crippen molar-refractivity contribution in [2.45, 2.75) is 18.6 Å². The van der Waals surface area contributed by atoms with Crippen LogP contribution in [0.4, 0.5) is 38.1 Å². The number of pyridine rings is 1. The van der Waals surface area contributed by atoms with Crippen LogP contribution in [0.5, 0.6) is 0 Å². The fraction of sp³-hybridized carbons (Fsp3) is 0.133. The number of fused-ring (bicyclic) bond motifs is 1. The number of rotatable bonds is 4. The molecule has 0 bridgehead atoms. The van der Waals surface area contributed by atoms with Crippen molar-refractivity contribution in [1.82, 2.24) is 20.3 Å². The number of alkyl halides is 3. The number of nitrogens with zero attached hydrogens (tertiary/aromatic N) is 3. The number of carbonyl (C=O) groups excluding carboxylic acids is 2. The summed E-state index contributed by atoms with van der Waals surface area (Å²) < 4.78 is 69.1. The molecule has 0 aliphatic carbocycles. The first-order valence-electron chi connectivity index (χ1n) is 13.3. The summed E-state index contributed by atoms with van der Waals surface area (Å²) in [7, 11) is 0. The molecule has 4 heterocycles. The lowest BCUT2D eigenvalue weighted by Crippen LogP contribution is -2.46. The maximum absolute atomic E-state index is 14.5. The number of anilines is 2. The lowest BCUT2D eigenvalue weighted by atomic mass is 9.87. The minimum atomic E-state index is -4.91. The molecular formula is C30H17Cl2F5N6O2. The van der Waals surface area contributed by atoms with E-state index in [0.717, 1.165) is 12.1 Å². The molecule has 0 saturated heterocycles. The molecule has 3 amide bonds. The number of halogens is 7. The number of hydrogen-bond donors (Lipinski definition) is 3. The molecule has 228 valence electrons. The molecule has 15 heteroatoms. The highest BCUT2D eigenvalue weighted by Crippen LogP contribution is 2.51. The van der Waals surface area contributed by atoms with Crippen LogP contribution in [0, 0.1) is 11.6 Å². The number of hydrogen-bond acceptors (Lipinski definition) is 4. The van der Waals surface area contributed by atoms with Crippen LogP contribution < -0.4 is 15.5 Å². The minimum Gasteiger partial charge on any atom is -0.342 e. The highest BCUT2D eigenvalue weighted by atomic mass is 35.5. The summed E-state index contributed by atoms with van der Waals surface area (Å²) >= 11 is 13.2. The Balaban J connectivity index is 1.47. The molecule has 0 saturated carbocycles. The van der Waals surface area contributed by atoms with E-state index in [1.165, 1.54) is 23.5 Å². The van der Waals surface area contributed by atoms with E-state index in [1.54, 1.807) is 6.07 Å². The predicted molar refractivity (Wildman–Crippen MR) is 157 cm³/mol. The first kappa shape index (κ1) is 29.0. The van der Waals surface area contributed by atoms with Crippen LogP contribution >= 0.6 is 23.2 Å². The molecule has 45 heavy (non-hydrogen) atoms. The van der Waals surface area contributed by atoms with Crippen molar-refractivity contribution in [3.8, 4) is 11.1 Å². The molecule has 2 aromatic heterocycles. The summed E-state index contributed by atoms with van der Waals surface area (Å²) in [6.07, 6.45) is -1.66. The van der Waals surface area contributed by atoms with Gasteiger partial charge in [-0.1, -0.05) is 23.2 Å². The third kappa shape index (κ3) is 4.82. The van der Waals surface area contributed by atoms with E-state index in [0.29, 0.717) is 57.7 Å². The maximum Gasteiger partial charge on any atom is 0.416 e. The van der Waals surface area contributed by atoms with E-state index < -0.39 is 46.9 Å². The van der Waals surface area contributed by atoms with E-state index in [9.17, 15) is 31.5 Å². The summed E-state index contributed by atoms with van der Waals surface area (Å²) in [5, 5.41) is 5.76. The fourth-order valence-electron chi connectivity index (χ4n) is 5.84. The van der Waals surface area contributed by atoms with Gasteiger partial charge in [-0.2, -0.15) is 13.2 Å². The lowest BCUT2D eigenvalue weighted by Gasteiger charge is -2.35. The van der Waals surface area contributed by atoms with Gasteiger partial charge in [-0.15, -0.1) is 0 Å². The molecule has 0 spiro atoms. The van der Waals surface area contributed by atoms with Crippen molar-refractivity contribution in [2.24, 2.45) is 0 Å². The summed E-state index contributed by atoms with van der Waals surface area (Å²) in [5.41, 5.74) is 1.25. The van der Waals surface area contributed by atoms with E-state index in [2.05, 4.69) is 25.6 Å². The van der Waals surface area contributed by atoms with Crippen molar-refractivity contribution in [3.05, 3.63) is 104 Å². The molecule has 7 rings (SSSR count). The van der Waals surface area contributed by atoms with Gasteiger partial charge in [0.2, 0.25) is 0 Å². The van der Waals surface area contributed by atoms with Gasteiger partial charge in [0.15, 0.2) is 5.65 Å². The number of H-pyrrole nitrogens is 1. The van der Waals surface area contributed by atoms with Crippen molar-refractivity contribution in [1.29, 1.82) is 0 Å². The summed E-state index contributed by atoms with van der Waals surface area (Å²) in [6.45, 7) is 0.234. The molecule has 3 N–H and O–H groups in total. The van der Waals surface area contributed by atoms with Crippen molar-refractivity contribution >= 4 is 57.7 Å². The SMILES string of the molecule is O=C(Nc1cc(-c2cnc3nc[nH]c3c2Cl)c2c3c1C(c1cc(F)ccc1Cl)NC(=O)N3CC2)c1cc(F)cc(C(F)(F)F)c1.